The van der Waals surface area contributed by atoms with Crippen LogP contribution in [0, 0.1) is 0 Å². The van der Waals surface area contributed by atoms with Gasteiger partial charge in [0.05, 0.1) is 19.8 Å². The maximum absolute atomic E-state index is 11.7. The summed E-state index contributed by atoms with van der Waals surface area (Å²) < 4.78 is 5.29. The summed E-state index contributed by atoms with van der Waals surface area (Å²) in [5, 5.41) is 2.45. The zero-order valence-electron chi connectivity index (χ0n) is 10.6. The molecule has 1 aliphatic heterocycles. The van der Waals surface area contributed by atoms with E-state index in [1.165, 1.54) is 0 Å². The Bertz CT molecular complexity index is 453. The molecule has 1 fully saturated rings. The van der Waals surface area contributed by atoms with Gasteiger partial charge in [-0.05, 0) is 24.3 Å². The highest BCUT2D eigenvalue weighted by molar-refractivity contribution is 5.96. The first kappa shape index (κ1) is 13.4. The van der Waals surface area contributed by atoms with Crippen LogP contribution in [0.15, 0.2) is 24.3 Å². The summed E-state index contributed by atoms with van der Waals surface area (Å²) in [6.07, 6.45) is 0. The highest BCUT2D eigenvalue weighted by Crippen LogP contribution is 2.16. The molecule has 0 aliphatic carbocycles. The van der Waals surface area contributed by atoms with Crippen molar-refractivity contribution < 1.29 is 14.3 Å². The van der Waals surface area contributed by atoms with Gasteiger partial charge in [-0.2, -0.15) is 0 Å². The Morgan fingerprint density at radius 1 is 1.21 bits per heavy atom. The molecular weight excluding hydrogens is 246 g/mol. The van der Waals surface area contributed by atoms with Crippen molar-refractivity contribution in [3.8, 4) is 0 Å². The van der Waals surface area contributed by atoms with Gasteiger partial charge in [0.15, 0.2) is 0 Å². The van der Waals surface area contributed by atoms with Gasteiger partial charge in [-0.15, -0.1) is 0 Å². The zero-order chi connectivity index (χ0) is 13.7. The van der Waals surface area contributed by atoms with Crippen molar-refractivity contribution in [3.63, 3.8) is 0 Å². The maximum Gasteiger partial charge on any atom is 0.251 e. The third kappa shape index (κ3) is 3.69. The van der Waals surface area contributed by atoms with E-state index in [1.54, 1.807) is 12.1 Å². The summed E-state index contributed by atoms with van der Waals surface area (Å²) in [5.41, 5.74) is 6.55. The molecule has 6 nitrogen and oxygen atoms in total. The van der Waals surface area contributed by atoms with Gasteiger partial charge < -0.3 is 20.7 Å². The average molecular weight is 263 g/mol. The van der Waals surface area contributed by atoms with Crippen LogP contribution >= 0.6 is 0 Å². The van der Waals surface area contributed by atoms with Gasteiger partial charge in [0, 0.05) is 24.3 Å². The molecule has 2 rings (SSSR count). The molecule has 0 unspecified atom stereocenters. The number of amides is 2. The molecule has 1 aromatic rings. The standard InChI is InChI=1S/C13H17N3O3/c14-12(17)9-15-13(18)10-1-3-11(4-2-10)16-5-7-19-8-6-16/h1-4H,5-9H2,(H2,14,17)(H,15,18). The smallest absolute Gasteiger partial charge is 0.251 e. The summed E-state index contributed by atoms with van der Waals surface area (Å²) in [7, 11) is 0. The van der Waals surface area contributed by atoms with Crippen molar-refractivity contribution in [1.82, 2.24) is 5.32 Å². The van der Waals surface area contributed by atoms with Crippen LogP contribution in [0.4, 0.5) is 5.69 Å². The highest BCUT2D eigenvalue weighted by Gasteiger charge is 2.12. The average Bonchev–Trinajstić information content (AvgIpc) is 2.46. The van der Waals surface area contributed by atoms with Crippen molar-refractivity contribution in [2.45, 2.75) is 0 Å². The van der Waals surface area contributed by atoms with Crippen LogP contribution in [0.3, 0.4) is 0 Å². The summed E-state index contributed by atoms with van der Waals surface area (Å²) in [5.74, 6) is -0.856. The molecule has 1 saturated heterocycles. The minimum Gasteiger partial charge on any atom is -0.378 e. The molecule has 1 heterocycles. The lowest BCUT2D eigenvalue weighted by Gasteiger charge is -2.28. The predicted octanol–water partition coefficient (Wildman–Crippen LogP) is -0.262. The largest absolute Gasteiger partial charge is 0.378 e. The van der Waals surface area contributed by atoms with Gasteiger partial charge in [-0.3, -0.25) is 9.59 Å². The minimum atomic E-state index is -0.557. The van der Waals surface area contributed by atoms with Crippen molar-refractivity contribution in [2.24, 2.45) is 5.73 Å². The molecule has 6 heteroatoms. The monoisotopic (exact) mass is 263 g/mol. The molecular formula is C13H17N3O3. The number of primary amides is 1. The first-order valence-corrected chi connectivity index (χ1v) is 6.16. The van der Waals surface area contributed by atoms with Crippen molar-refractivity contribution in [2.75, 3.05) is 37.7 Å². The van der Waals surface area contributed by atoms with E-state index >= 15 is 0 Å². The quantitative estimate of drug-likeness (QED) is 0.783. The van der Waals surface area contributed by atoms with E-state index in [-0.39, 0.29) is 12.5 Å². The third-order valence-corrected chi connectivity index (χ3v) is 2.93. The van der Waals surface area contributed by atoms with Gasteiger partial charge in [0.1, 0.15) is 0 Å². The second-order valence-electron chi connectivity index (χ2n) is 4.30. The number of nitrogens with one attached hydrogen (secondary N) is 1. The molecule has 3 N–H and O–H groups in total. The third-order valence-electron chi connectivity index (χ3n) is 2.93. The molecule has 0 saturated carbocycles. The fourth-order valence-electron chi connectivity index (χ4n) is 1.91. The summed E-state index contributed by atoms with van der Waals surface area (Å²) in [6, 6.07) is 7.26. The number of carbonyl (C=O) groups excluding carboxylic acids is 2. The normalized spacial score (nSPS) is 15.1. The SMILES string of the molecule is NC(=O)CNC(=O)c1ccc(N2CCOCC2)cc1. The van der Waals surface area contributed by atoms with Crippen LogP contribution in [0.2, 0.25) is 0 Å². The molecule has 102 valence electrons. The van der Waals surface area contributed by atoms with Crippen molar-refractivity contribution >= 4 is 17.5 Å². The van der Waals surface area contributed by atoms with Crippen LogP contribution in [-0.2, 0) is 9.53 Å². The number of rotatable bonds is 4. The van der Waals surface area contributed by atoms with Crippen LogP contribution in [-0.4, -0.2) is 44.7 Å². The van der Waals surface area contributed by atoms with Gasteiger partial charge in [0.25, 0.3) is 5.91 Å². The Kier molecular flexibility index (Phi) is 4.35. The van der Waals surface area contributed by atoms with Crippen molar-refractivity contribution in [1.29, 1.82) is 0 Å². The molecule has 0 radical (unpaired) electrons. The Morgan fingerprint density at radius 3 is 2.42 bits per heavy atom. The summed E-state index contributed by atoms with van der Waals surface area (Å²) >= 11 is 0. The van der Waals surface area contributed by atoms with Crippen LogP contribution in [0.25, 0.3) is 0 Å². The first-order valence-electron chi connectivity index (χ1n) is 6.16. The van der Waals surface area contributed by atoms with Gasteiger partial charge in [0.2, 0.25) is 5.91 Å². The van der Waals surface area contributed by atoms with Crippen LogP contribution < -0.4 is 16.0 Å². The molecule has 1 aliphatic rings. The molecule has 0 atom stereocenters. The Hall–Kier alpha value is -2.08. The van der Waals surface area contributed by atoms with E-state index in [2.05, 4.69) is 10.2 Å². The topological polar surface area (TPSA) is 84.7 Å². The zero-order valence-corrected chi connectivity index (χ0v) is 10.6. The van der Waals surface area contributed by atoms with Gasteiger partial charge >= 0.3 is 0 Å². The summed E-state index contributed by atoms with van der Waals surface area (Å²) in [4.78, 5) is 24.5. The van der Waals surface area contributed by atoms with E-state index < -0.39 is 5.91 Å². The van der Waals surface area contributed by atoms with Crippen LogP contribution in [0.5, 0.6) is 0 Å². The minimum absolute atomic E-state index is 0.149. The number of morpholine rings is 1. The fourth-order valence-corrected chi connectivity index (χ4v) is 1.91. The summed E-state index contributed by atoms with van der Waals surface area (Å²) in [6.45, 7) is 3.01. The second-order valence-corrected chi connectivity index (χ2v) is 4.30. The van der Waals surface area contributed by atoms with E-state index in [4.69, 9.17) is 10.5 Å². The number of benzene rings is 1. The molecule has 0 spiro atoms. The predicted molar refractivity (Wildman–Crippen MR) is 71.0 cm³/mol. The fraction of sp³-hybridized carbons (Fsp3) is 0.385. The molecule has 19 heavy (non-hydrogen) atoms. The highest BCUT2D eigenvalue weighted by atomic mass is 16.5. The van der Waals surface area contributed by atoms with E-state index in [9.17, 15) is 9.59 Å². The van der Waals surface area contributed by atoms with Gasteiger partial charge in [-0.1, -0.05) is 0 Å². The van der Waals surface area contributed by atoms with E-state index in [0.717, 1.165) is 32.0 Å². The van der Waals surface area contributed by atoms with E-state index in [0.29, 0.717) is 5.56 Å². The Morgan fingerprint density at radius 2 is 1.84 bits per heavy atom. The van der Waals surface area contributed by atoms with Gasteiger partial charge in [-0.25, -0.2) is 0 Å². The Balaban J connectivity index is 1.97. The lowest BCUT2D eigenvalue weighted by molar-refractivity contribution is -0.117. The Labute approximate surface area is 111 Å². The molecule has 2 amide bonds. The number of carbonyl (C=O) groups is 2. The van der Waals surface area contributed by atoms with Crippen LogP contribution in [0.1, 0.15) is 10.4 Å². The number of ether oxygens (including phenoxy) is 1. The lowest BCUT2D eigenvalue weighted by Crippen LogP contribution is -2.36. The number of hydrogen-bond donors (Lipinski definition) is 2. The number of nitrogens with zero attached hydrogens (tertiary/aromatic N) is 1. The van der Waals surface area contributed by atoms with Crippen molar-refractivity contribution in [3.05, 3.63) is 29.8 Å². The number of hydrogen-bond acceptors (Lipinski definition) is 4. The number of nitrogens with two attached hydrogens (primary N) is 1. The molecule has 1 aromatic carbocycles. The molecule has 0 bridgehead atoms. The number of anilines is 1. The lowest BCUT2D eigenvalue weighted by atomic mass is 10.1. The maximum atomic E-state index is 11.7. The second kappa shape index (κ2) is 6.19. The van der Waals surface area contributed by atoms with E-state index in [1.807, 2.05) is 12.1 Å². The first-order chi connectivity index (χ1) is 9.16. The molecule has 0 aromatic heterocycles.